The normalized spacial score (nSPS) is 11.0. The number of carbonyl (C=O) groups excluding carboxylic acids is 1. The van der Waals surface area contributed by atoms with Gasteiger partial charge in [-0.15, -0.1) is 0 Å². The van der Waals surface area contributed by atoms with Gasteiger partial charge in [-0.05, 0) is 36.8 Å². The summed E-state index contributed by atoms with van der Waals surface area (Å²) in [6, 6.07) is 8.49. The Morgan fingerprint density at radius 3 is 2.88 bits per heavy atom. The van der Waals surface area contributed by atoms with Crippen molar-refractivity contribution in [1.29, 1.82) is 0 Å². The zero-order chi connectivity index (χ0) is 17.1. The first-order valence-corrected chi connectivity index (χ1v) is 7.82. The lowest BCUT2D eigenvalue weighted by Gasteiger charge is -2.08. The van der Waals surface area contributed by atoms with E-state index in [1.165, 1.54) is 0 Å². The van der Waals surface area contributed by atoms with Gasteiger partial charge in [-0.25, -0.2) is 13.8 Å². The molecular weight excluding hydrogens is 312 g/mol. The zero-order valence-corrected chi connectivity index (χ0v) is 13.2. The van der Waals surface area contributed by atoms with Crippen molar-refractivity contribution in [2.75, 3.05) is 5.32 Å². The number of pyridine rings is 1. The topological polar surface area (TPSA) is 46.4 Å². The number of amides is 1. The summed E-state index contributed by atoms with van der Waals surface area (Å²) in [5.74, 6) is -0.993. The molecule has 0 saturated carbocycles. The van der Waals surface area contributed by atoms with Crippen molar-refractivity contribution in [2.24, 2.45) is 0 Å². The maximum atomic E-state index is 14.2. The van der Waals surface area contributed by atoms with Gasteiger partial charge in [0.05, 0.1) is 0 Å². The fraction of sp³-hybridized carbons (Fsp3) is 0.222. The highest BCUT2D eigenvalue weighted by atomic mass is 19.1. The van der Waals surface area contributed by atoms with Gasteiger partial charge in [0.1, 0.15) is 28.8 Å². The first-order valence-electron chi connectivity index (χ1n) is 7.82. The Bertz CT molecular complexity index is 889. The van der Waals surface area contributed by atoms with Crippen molar-refractivity contribution in [2.45, 2.75) is 26.2 Å². The second kappa shape index (κ2) is 6.78. The number of hydrogen-bond acceptors (Lipinski definition) is 2. The first kappa shape index (κ1) is 16.1. The summed E-state index contributed by atoms with van der Waals surface area (Å²) in [6.07, 6.45) is 3.73. The van der Waals surface area contributed by atoms with E-state index in [1.807, 2.05) is 6.92 Å². The van der Waals surface area contributed by atoms with Crippen molar-refractivity contribution in [1.82, 2.24) is 9.38 Å². The molecule has 0 aliphatic rings. The van der Waals surface area contributed by atoms with Crippen LogP contribution in [0.3, 0.4) is 0 Å². The highest BCUT2D eigenvalue weighted by Crippen LogP contribution is 2.31. The number of nitrogens with one attached hydrogen (secondary N) is 1. The van der Waals surface area contributed by atoms with Crippen molar-refractivity contribution in [3.05, 3.63) is 54.2 Å². The lowest BCUT2D eigenvalue weighted by Crippen LogP contribution is -2.13. The lowest BCUT2D eigenvalue weighted by atomic mass is 10.1. The summed E-state index contributed by atoms with van der Waals surface area (Å²) in [5, 5.41) is 2.79. The fourth-order valence-electron chi connectivity index (χ4n) is 2.51. The van der Waals surface area contributed by atoms with E-state index in [0.717, 1.165) is 31.0 Å². The van der Waals surface area contributed by atoms with E-state index in [9.17, 15) is 13.6 Å². The number of anilines is 1. The minimum Gasteiger partial charge on any atom is -0.310 e. The minimum atomic E-state index is -0.594. The van der Waals surface area contributed by atoms with Crippen LogP contribution >= 0.6 is 0 Å². The monoisotopic (exact) mass is 329 g/mol. The number of carbonyl (C=O) groups is 1. The fourth-order valence-corrected chi connectivity index (χ4v) is 2.51. The smallest absolute Gasteiger partial charge is 0.225 e. The second-order valence-corrected chi connectivity index (χ2v) is 5.51. The Kier molecular flexibility index (Phi) is 4.55. The molecule has 3 rings (SSSR count). The van der Waals surface area contributed by atoms with E-state index in [2.05, 4.69) is 10.3 Å². The molecule has 2 heterocycles. The van der Waals surface area contributed by atoms with E-state index in [-0.39, 0.29) is 17.2 Å². The Morgan fingerprint density at radius 1 is 1.25 bits per heavy atom. The number of unbranched alkanes of at least 4 members (excludes halogenated alkanes) is 1. The van der Waals surface area contributed by atoms with Gasteiger partial charge in [0.25, 0.3) is 0 Å². The van der Waals surface area contributed by atoms with Gasteiger partial charge in [-0.2, -0.15) is 0 Å². The molecule has 2 aromatic heterocycles. The third-order valence-corrected chi connectivity index (χ3v) is 3.73. The molecule has 24 heavy (non-hydrogen) atoms. The summed E-state index contributed by atoms with van der Waals surface area (Å²) >= 11 is 0. The number of nitrogens with zero attached hydrogens (tertiary/aromatic N) is 2. The van der Waals surface area contributed by atoms with Gasteiger partial charge < -0.3 is 5.32 Å². The molecule has 6 heteroatoms. The summed E-state index contributed by atoms with van der Waals surface area (Å²) in [5.41, 5.74) is 0.773. The number of fused-ring (bicyclic) bond motifs is 1. The van der Waals surface area contributed by atoms with Crippen LogP contribution in [0, 0.1) is 11.6 Å². The third-order valence-electron chi connectivity index (χ3n) is 3.73. The maximum Gasteiger partial charge on any atom is 0.225 e. The molecule has 4 nitrogen and oxygen atoms in total. The van der Waals surface area contributed by atoms with Crippen molar-refractivity contribution in [3.63, 3.8) is 0 Å². The zero-order valence-electron chi connectivity index (χ0n) is 13.2. The van der Waals surface area contributed by atoms with Crippen LogP contribution in [-0.4, -0.2) is 15.3 Å². The van der Waals surface area contributed by atoms with Gasteiger partial charge >= 0.3 is 0 Å². The van der Waals surface area contributed by atoms with Crippen molar-refractivity contribution < 1.29 is 13.6 Å². The Hall–Kier alpha value is -2.76. The quantitative estimate of drug-likeness (QED) is 0.754. The number of hydrogen-bond donors (Lipinski definition) is 1. The number of aromatic nitrogens is 2. The number of halogens is 2. The van der Waals surface area contributed by atoms with E-state index in [4.69, 9.17) is 0 Å². The standard InChI is InChI=1S/C18H17F2N3O/c1-2-3-7-16(24)22-18-17(13-11-12(19)8-9-14(13)20)21-15-6-4-5-10-23(15)18/h4-6,8-11H,2-3,7H2,1H3,(H,22,24). The van der Waals surface area contributed by atoms with Crippen LogP contribution in [-0.2, 0) is 4.79 Å². The minimum absolute atomic E-state index is 0.0180. The van der Waals surface area contributed by atoms with E-state index in [1.54, 1.807) is 28.8 Å². The SMILES string of the molecule is CCCCC(=O)Nc1c(-c2cc(F)ccc2F)nc2ccccn12. The molecule has 0 unspecified atom stereocenters. The van der Waals surface area contributed by atoms with E-state index >= 15 is 0 Å². The molecule has 0 atom stereocenters. The summed E-state index contributed by atoms with van der Waals surface area (Å²) in [4.78, 5) is 16.5. The van der Waals surface area contributed by atoms with Gasteiger partial charge in [-0.3, -0.25) is 9.20 Å². The van der Waals surface area contributed by atoms with E-state index in [0.29, 0.717) is 17.9 Å². The molecule has 0 aliphatic carbocycles. The maximum absolute atomic E-state index is 14.2. The number of rotatable bonds is 5. The molecule has 1 amide bonds. The van der Waals surface area contributed by atoms with Crippen molar-refractivity contribution >= 4 is 17.4 Å². The number of benzene rings is 1. The van der Waals surface area contributed by atoms with Crippen LogP contribution in [0.25, 0.3) is 16.9 Å². The summed E-state index contributed by atoms with van der Waals surface area (Å²) in [7, 11) is 0. The van der Waals surface area contributed by atoms with Crippen LogP contribution in [0.5, 0.6) is 0 Å². The van der Waals surface area contributed by atoms with Crippen LogP contribution in [0.2, 0.25) is 0 Å². The van der Waals surface area contributed by atoms with Gasteiger partial charge in [-0.1, -0.05) is 19.4 Å². The number of imidazole rings is 1. The van der Waals surface area contributed by atoms with Crippen molar-refractivity contribution in [3.8, 4) is 11.3 Å². The molecule has 1 N–H and O–H groups in total. The largest absolute Gasteiger partial charge is 0.310 e. The molecule has 0 fully saturated rings. The highest BCUT2D eigenvalue weighted by Gasteiger charge is 2.19. The molecule has 0 aliphatic heterocycles. The van der Waals surface area contributed by atoms with Crippen LogP contribution in [0.1, 0.15) is 26.2 Å². The first-order chi connectivity index (χ1) is 11.6. The van der Waals surface area contributed by atoms with Gasteiger partial charge in [0.15, 0.2) is 0 Å². The average Bonchev–Trinajstić information content (AvgIpc) is 2.93. The summed E-state index contributed by atoms with van der Waals surface area (Å²) < 4.78 is 29.4. The molecule has 0 saturated heterocycles. The van der Waals surface area contributed by atoms with Crippen LogP contribution in [0.15, 0.2) is 42.6 Å². The molecular formula is C18H17F2N3O. The summed E-state index contributed by atoms with van der Waals surface area (Å²) in [6.45, 7) is 2.00. The Balaban J connectivity index is 2.11. The van der Waals surface area contributed by atoms with Crippen LogP contribution in [0.4, 0.5) is 14.6 Å². The molecule has 0 bridgehead atoms. The molecule has 1 aromatic carbocycles. The lowest BCUT2D eigenvalue weighted by molar-refractivity contribution is -0.116. The molecule has 0 radical (unpaired) electrons. The molecule has 124 valence electrons. The molecule has 3 aromatic rings. The Labute approximate surface area is 138 Å². The average molecular weight is 329 g/mol. The predicted octanol–water partition coefficient (Wildman–Crippen LogP) is 4.41. The highest BCUT2D eigenvalue weighted by molar-refractivity contribution is 5.94. The predicted molar refractivity (Wildman–Crippen MR) is 88.7 cm³/mol. The van der Waals surface area contributed by atoms with Crippen LogP contribution < -0.4 is 5.32 Å². The van der Waals surface area contributed by atoms with Gasteiger partial charge in [0, 0.05) is 18.2 Å². The Morgan fingerprint density at radius 2 is 2.08 bits per heavy atom. The van der Waals surface area contributed by atoms with E-state index < -0.39 is 11.6 Å². The van der Waals surface area contributed by atoms with Gasteiger partial charge in [0.2, 0.25) is 5.91 Å². The second-order valence-electron chi connectivity index (χ2n) is 5.51. The third kappa shape index (κ3) is 3.13. The molecule has 0 spiro atoms.